The Hall–Kier alpha value is -1.24. The zero-order chi connectivity index (χ0) is 14.6. The minimum atomic E-state index is -0.735. The van der Waals surface area contributed by atoms with Crippen LogP contribution in [0.1, 0.15) is 25.2 Å². The van der Waals surface area contributed by atoms with Crippen molar-refractivity contribution in [3.05, 3.63) is 46.5 Å². The molecule has 2 aromatic rings. The van der Waals surface area contributed by atoms with Crippen molar-refractivity contribution in [2.75, 3.05) is 6.54 Å². The summed E-state index contributed by atoms with van der Waals surface area (Å²) in [6.07, 6.45) is 0. The largest absolute Gasteiger partial charge is 0.389 e. The number of hydrogen-bond donors (Lipinski definition) is 2. The number of aromatic nitrogens is 3. The Morgan fingerprint density at radius 2 is 2.00 bits per heavy atom. The Bertz CT molecular complexity index is 548. The summed E-state index contributed by atoms with van der Waals surface area (Å²) in [5.74, 6) is 0.838. The van der Waals surface area contributed by atoms with E-state index in [1.54, 1.807) is 13.8 Å². The molecule has 1 aromatic heterocycles. The summed E-state index contributed by atoms with van der Waals surface area (Å²) in [7, 11) is 0. The Morgan fingerprint density at radius 3 is 2.65 bits per heavy atom. The molecule has 0 aliphatic carbocycles. The summed E-state index contributed by atoms with van der Waals surface area (Å²) in [5.41, 5.74) is 0.440. The van der Waals surface area contributed by atoms with Crippen LogP contribution in [0, 0.1) is 0 Å². The van der Waals surface area contributed by atoms with Crippen LogP contribution in [0.25, 0.3) is 0 Å². The summed E-state index contributed by atoms with van der Waals surface area (Å²) in [5, 5.41) is 17.2. The van der Waals surface area contributed by atoms with Gasteiger partial charge in [-0.15, -0.1) is 5.10 Å². The first-order valence-electron chi connectivity index (χ1n) is 6.50. The van der Waals surface area contributed by atoms with E-state index in [0.717, 1.165) is 5.82 Å². The average Bonchev–Trinajstić information content (AvgIpc) is 2.69. The number of rotatable bonds is 6. The average molecular weight is 339 g/mol. The lowest BCUT2D eigenvalue weighted by atomic mass is 10.1. The fraction of sp³-hybridized carbons (Fsp3) is 0.429. The SMILES string of the molecule is CC(C)(O)CNCc1nc(Br)nn1Cc1ccccc1. The van der Waals surface area contributed by atoms with Gasteiger partial charge in [0.2, 0.25) is 4.73 Å². The lowest BCUT2D eigenvalue weighted by molar-refractivity contribution is 0.0792. The van der Waals surface area contributed by atoms with Crippen molar-refractivity contribution in [2.45, 2.75) is 32.5 Å². The van der Waals surface area contributed by atoms with Crippen molar-refractivity contribution >= 4 is 15.9 Å². The van der Waals surface area contributed by atoms with Gasteiger partial charge in [-0.2, -0.15) is 0 Å². The lowest BCUT2D eigenvalue weighted by Crippen LogP contribution is -2.35. The van der Waals surface area contributed by atoms with Crippen LogP contribution in [-0.2, 0) is 13.1 Å². The van der Waals surface area contributed by atoms with Crippen molar-refractivity contribution in [3.8, 4) is 0 Å². The van der Waals surface area contributed by atoms with Crippen molar-refractivity contribution in [3.63, 3.8) is 0 Å². The molecule has 0 aliphatic heterocycles. The highest BCUT2D eigenvalue weighted by atomic mass is 79.9. The second-order valence-electron chi connectivity index (χ2n) is 5.36. The number of halogens is 1. The maximum absolute atomic E-state index is 9.69. The standard InChI is InChI=1S/C14H19BrN4O/c1-14(2,20)10-16-8-12-17-13(15)18-19(12)9-11-6-4-3-5-7-11/h3-7,16,20H,8-10H2,1-2H3. The third-order valence-electron chi connectivity index (χ3n) is 2.74. The molecule has 0 bridgehead atoms. The van der Waals surface area contributed by atoms with E-state index in [-0.39, 0.29) is 0 Å². The second kappa shape index (κ2) is 6.47. The van der Waals surface area contributed by atoms with Gasteiger partial charge in [-0.25, -0.2) is 9.67 Å². The van der Waals surface area contributed by atoms with Gasteiger partial charge < -0.3 is 10.4 Å². The molecule has 1 aromatic carbocycles. The number of benzene rings is 1. The van der Waals surface area contributed by atoms with Crippen LogP contribution in [0.15, 0.2) is 35.1 Å². The van der Waals surface area contributed by atoms with E-state index in [4.69, 9.17) is 0 Å². The van der Waals surface area contributed by atoms with Gasteiger partial charge in [-0.05, 0) is 35.3 Å². The number of nitrogens with one attached hydrogen (secondary N) is 1. The van der Waals surface area contributed by atoms with Gasteiger partial charge in [0.15, 0.2) is 0 Å². The Kier molecular flexibility index (Phi) is 4.91. The summed E-state index contributed by atoms with van der Waals surface area (Å²) in [4.78, 5) is 4.35. The van der Waals surface area contributed by atoms with E-state index in [1.165, 1.54) is 5.56 Å². The molecule has 0 saturated carbocycles. The fourth-order valence-corrected chi connectivity index (χ4v) is 2.23. The summed E-state index contributed by atoms with van der Waals surface area (Å²) in [6.45, 7) is 5.28. The molecule has 0 amide bonds. The highest BCUT2D eigenvalue weighted by molar-refractivity contribution is 9.10. The molecule has 20 heavy (non-hydrogen) atoms. The van der Waals surface area contributed by atoms with E-state index < -0.39 is 5.60 Å². The van der Waals surface area contributed by atoms with Gasteiger partial charge in [-0.1, -0.05) is 30.3 Å². The molecule has 108 valence electrons. The summed E-state index contributed by atoms with van der Waals surface area (Å²) in [6, 6.07) is 10.1. The van der Waals surface area contributed by atoms with Crippen LogP contribution in [0.5, 0.6) is 0 Å². The summed E-state index contributed by atoms with van der Waals surface area (Å²) >= 11 is 3.31. The van der Waals surface area contributed by atoms with Crippen LogP contribution in [0.2, 0.25) is 0 Å². The van der Waals surface area contributed by atoms with Gasteiger partial charge in [0, 0.05) is 6.54 Å². The monoisotopic (exact) mass is 338 g/mol. The molecule has 5 nitrogen and oxygen atoms in total. The molecular weight excluding hydrogens is 320 g/mol. The van der Waals surface area contributed by atoms with Crippen molar-refractivity contribution in [1.29, 1.82) is 0 Å². The van der Waals surface area contributed by atoms with Gasteiger partial charge in [0.1, 0.15) is 5.82 Å². The van der Waals surface area contributed by atoms with E-state index >= 15 is 0 Å². The maximum atomic E-state index is 9.69. The third-order valence-corrected chi connectivity index (χ3v) is 3.07. The first kappa shape index (κ1) is 15.2. The van der Waals surface area contributed by atoms with Gasteiger partial charge >= 0.3 is 0 Å². The minimum absolute atomic E-state index is 0.503. The van der Waals surface area contributed by atoms with Crippen molar-refractivity contribution in [1.82, 2.24) is 20.1 Å². The highest BCUT2D eigenvalue weighted by Gasteiger charge is 2.13. The first-order valence-corrected chi connectivity index (χ1v) is 7.29. The minimum Gasteiger partial charge on any atom is -0.389 e. The van der Waals surface area contributed by atoms with Gasteiger partial charge in [0.05, 0.1) is 18.7 Å². The predicted molar refractivity (Wildman–Crippen MR) is 81.3 cm³/mol. The molecule has 0 saturated heterocycles. The zero-order valence-corrected chi connectivity index (χ0v) is 13.3. The number of aliphatic hydroxyl groups is 1. The highest BCUT2D eigenvalue weighted by Crippen LogP contribution is 2.09. The van der Waals surface area contributed by atoms with Crippen LogP contribution < -0.4 is 5.32 Å². The Labute approximate surface area is 127 Å². The Morgan fingerprint density at radius 1 is 1.30 bits per heavy atom. The molecular formula is C14H19BrN4O. The van der Waals surface area contributed by atoms with Crippen LogP contribution in [0.3, 0.4) is 0 Å². The van der Waals surface area contributed by atoms with E-state index in [0.29, 0.717) is 24.4 Å². The lowest BCUT2D eigenvalue weighted by Gasteiger charge is -2.17. The van der Waals surface area contributed by atoms with Crippen LogP contribution in [0.4, 0.5) is 0 Å². The number of hydrogen-bond acceptors (Lipinski definition) is 4. The predicted octanol–water partition coefficient (Wildman–Crippen LogP) is 1.95. The van der Waals surface area contributed by atoms with E-state index in [2.05, 4.69) is 43.5 Å². The van der Waals surface area contributed by atoms with Crippen molar-refractivity contribution < 1.29 is 5.11 Å². The van der Waals surface area contributed by atoms with Gasteiger partial charge in [-0.3, -0.25) is 0 Å². The molecule has 1 heterocycles. The number of nitrogens with zero attached hydrogens (tertiary/aromatic N) is 3. The summed E-state index contributed by atoms with van der Waals surface area (Å²) < 4.78 is 2.44. The third kappa shape index (κ3) is 4.70. The quantitative estimate of drug-likeness (QED) is 0.844. The molecule has 2 N–H and O–H groups in total. The second-order valence-corrected chi connectivity index (χ2v) is 6.07. The molecule has 0 radical (unpaired) electrons. The molecule has 0 fully saturated rings. The molecule has 0 unspecified atom stereocenters. The first-order chi connectivity index (χ1) is 9.44. The van der Waals surface area contributed by atoms with Crippen LogP contribution in [-0.4, -0.2) is 32.0 Å². The molecule has 6 heteroatoms. The fourth-order valence-electron chi connectivity index (χ4n) is 1.84. The van der Waals surface area contributed by atoms with Crippen molar-refractivity contribution in [2.24, 2.45) is 0 Å². The molecule has 0 spiro atoms. The van der Waals surface area contributed by atoms with Crippen LogP contribution >= 0.6 is 15.9 Å². The van der Waals surface area contributed by atoms with Gasteiger partial charge in [0.25, 0.3) is 0 Å². The molecule has 0 atom stereocenters. The normalized spacial score (nSPS) is 11.8. The van der Waals surface area contributed by atoms with E-state index in [9.17, 15) is 5.11 Å². The smallest absolute Gasteiger partial charge is 0.217 e. The Balaban J connectivity index is 2.03. The maximum Gasteiger partial charge on any atom is 0.217 e. The van der Waals surface area contributed by atoms with E-state index in [1.807, 2.05) is 22.9 Å². The zero-order valence-electron chi connectivity index (χ0n) is 11.7. The molecule has 2 rings (SSSR count). The molecule has 0 aliphatic rings. The topological polar surface area (TPSA) is 63.0 Å².